The molecule has 0 bridgehead atoms. The Kier molecular flexibility index (Phi) is 4.34. The second-order valence-corrected chi connectivity index (χ2v) is 5.90. The number of nitrogens with one attached hydrogen (secondary N) is 1. The van der Waals surface area contributed by atoms with Crippen LogP contribution in [0.2, 0.25) is 0 Å². The molecule has 2 heterocycles. The maximum absolute atomic E-state index is 14.4. The summed E-state index contributed by atoms with van der Waals surface area (Å²) >= 11 is 0. The van der Waals surface area contributed by atoms with Crippen LogP contribution in [0.1, 0.15) is 28.5 Å². The van der Waals surface area contributed by atoms with E-state index in [4.69, 9.17) is 5.73 Å². The van der Waals surface area contributed by atoms with Gasteiger partial charge in [-0.3, -0.25) is 4.79 Å². The van der Waals surface area contributed by atoms with Gasteiger partial charge in [-0.2, -0.15) is 8.78 Å². The molecule has 1 aliphatic heterocycles. The Hall–Kier alpha value is -3.04. The second-order valence-electron chi connectivity index (χ2n) is 5.90. The number of halogens is 3. The first-order valence-electron chi connectivity index (χ1n) is 7.56. The number of hydrogen-bond donors (Lipinski definition) is 2. The van der Waals surface area contributed by atoms with E-state index in [9.17, 15) is 18.0 Å². The highest BCUT2D eigenvalue weighted by Gasteiger charge is 2.56. The molecule has 0 fully saturated rings. The Bertz CT molecular complexity index is 854. The SMILES string of the molecule is C[C@]1(c2cc(CNC(=O)c3ccon3)ccc2F)N=C(N)OCC1(F)F. The van der Waals surface area contributed by atoms with Crippen molar-refractivity contribution >= 4 is 11.9 Å². The van der Waals surface area contributed by atoms with E-state index in [-0.39, 0.29) is 17.8 Å². The molecule has 3 rings (SSSR count). The number of amides is 1. The minimum atomic E-state index is -3.47. The largest absolute Gasteiger partial charge is 0.459 e. The molecule has 26 heavy (non-hydrogen) atoms. The van der Waals surface area contributed by atoms with Crippen LogP contribution in [0.15, 0.2) is 40.0 Å². The Labute approximate surface area is 146 Å². The lowest BCUT2D eigenvalue weighted by molar-refractivity contribution is -0.117. The normalized spacial score (nSPS) is 21.6. The lowest BCUT2D eigenvalue weighted by Crippen LogP contribution is -2.51. The molecule has 1 aromatic carbocycles. The van der Waals surface area contributed by atoms with E-state index in [1.165, 1.54) is 24.5 Å². The predicted octanol–water partition coefficient (Wildman–Crippen LogP) is 1.94. The van der Waals surface area contributed by atoms with Gasteiger partial charge in [0.05, 0.1) is 0 Å². The molecule has 0 unspecified atom stereocenters. The average molecular weight is 368 g/mol. The number of ether oxygens (including phenoxy) is 1. The zero-order valence-electron chi connectivity index (χ0n) is 13.6. The molecule has 0 saturated heterocycles. The highest BCUT2D eigenvalue weighted by atomic mass is 19.3. The van der Waals surface area contributed by atoms with Crippen LogP contribution in [0.3, 0.4) is 0 Å². The van der Waals surface area contributed by atoms with Crippen LogP contribution in [0.4, 0.5) is 13.2 Å². The Balaban J connectivity index is 1.88. The number of carbonyl (C=O) groups excluding carboxylic acids is 1. The maximum Gasteiger partial charge on any atom is 0.310 e. The van der Waals surface area contributed by atoms with Crippen LogP contribution in [-0.4, -0.2) is 29.6 Å². The molecule has 1 aromatic heterocycles. The first-order chi connectivity index (χ1) is 12.2. The summed E-state index contributed by atoms with van der Waals surface area (Å²) in [7, 11) is 0. The van der Waals surface area contributed by atoms with Crippen LogP contribution < -0.4 is 11.1 Å². The quantitative estimate of drug-likeness (QED) is 0.859. The lowest BCUT2D eigenvalue weighted by atomic mass is 9.84. The summed E-state index contributed by atoms with van der Waals surface area (Å²) in [5, 5.41) is 6.02. The molecule has 138 valence electrons. The summed E-state index contributed by atoms with van der Waals surface area (Å²) in [5.41, 5.74) is 3.29. The third-order valence-corrected chi connectivity index (χ3v) is 4.13. The van der Waals surface area contributed by atoms with Crippen molar-refractivity contribution in [3.63, 3.8) is 0 Å². The molecule has 10 heteroatoms. The van der Waals surface area contributed by atoms with Gasteiger partial charge in [-0.15, -0.1) is 0 Å². The fourth-order valence-electron chi connectivity index (χ4n) is 2.55. The number of rotatable bonds is 4. The molecular weight excluding hydrogens is 353 g/mol. The van der Waals surface area contributed by atoms with Gasteiger partial charge in [-0.1, -0.05) is 11.2 Å². The molecule has 1 aliphatic rings. The van der Waals surface area contributed by atoms with Gasteiger partial charge < -0.3 is 20.3 Å². The van der Waals surface area contributed by atoms with Crippen molar-refractivity contribution in [2.45, 2.75) is 24.9 Å². The summed E-state index contributed by atoms with van der Waals surface area (Å²) in [6, 6.07) is 4.55. The van der Waals surface area contributed by atoms with Crippen LogP contribution in [0.5, 0.6) is 0 Å². The smallest absolute Gasteiger partial charge is 0.310 e. The molecule has 3 N–H and O–H groups in total. The number of hydrogen-bond acceptors (Lipinski definition) is 6. The first kappa shape index (κ1) is 17.8. The molecular formula is C16H15F3N4O3. The highest BCUT2D eigenvalue weighted by molar-refractivity contribution is 5.91. The van der Waals surface area contributed by atoms with Gasteiger partial charge in [0.25, 0.3) is 11.9 Å². The van der Waals surface area contributed by atoms with E-state index in [1.54, 1.807) is 0 Å². The Morgan fingerprint density at radius 3 is 2.85 bits per heavy atom. The zero-order valence-corrected chi connectivity index (χ0v) is 13.6. The third-order valence-electron chi connectivity index (χ3n) is 4.13. The van der Waals surface area contributed by atoms with Crippen LogP contribution in [0.25, 0.3) is 0 Å². The molecule has 2 aromatic rings. The highest BCUT2D eigenvalue weighted by Crippen LogP contribution is 2.44. The topological polar surface area (TPSA) is 103 Å². The molecule has 1 atom stereocenters. The van der Waals surface area contributed by atoms with E-state index in [0.29, 0.717) is 5.56 Å². The van der Waals surface area contributed by atoms with Gasteiger partial charge in [0, 0.05) is 18.2 Å². The molecule has 1 amide bonds. The molecule has 0 spiro atoms. The van der Waals surface area contributed by atoms with Crippen molar-refractivity contribution in [3.05, 3.63) is 53.2 Å². The molecule has 7 nitrogen and oxygen atoms in total. The summed E-state index contributed by atoms with van der Waals surface area (Å²) in [6.45, 7) is 0.0419. The summed E-state index contributed by atoms with van der Waals surface area (Å²) in [4.78, 5) is 15.5. The third kappa shape index (κ3) is 3.09. The van der Waals surface area contributed by atoms with E-state index >= 15 is 0 Å². The standard InChI is InChI=1S/C16H15F3N4O3/c1-15(16(18,19)8-25-14(20)22-15)10-6-9(2-3-11(10)17)7-21-13(24)12-4-5-26-23-12/h2-6H,7-8H2,1H3,(H2,20,22)(H,21,24)/t15-/m1/s1. The Morgan fingerprint density at radius 1 is 1.38 bits per heavy atom. The number of benzene rings is 1. The predicted molar refractivity (Wildman–Crippen MR) is 83.9 cm³/mol. The maximum atomic E-state index is 14.4. The number of carbonyl (C=O) groups is 1. The first-order valence-corrected chi connectivity index (χ1v) is 7.56. The summed E-state index contributed by atoms with van der Waals surface area (Å²) in [6.07, 6.45) is 1.24. The van der Waals surface area contributed by atoms with E-state index in [1.807, 2.05) is 0 Å². The fraction of sp³-hybridized carbons (Fsp3) is 0.312. The minimum Gasteiger partial charge on any atom is -0.459 e. The number of nitrogens with two attached hydrogens (primary N) is 1. The van der Waals surface area contributed by atoms with Crippen molar-refractivity contribution in [2.75, 3.05) is 6.61 Å². The van der Waals surface area contributed by atoms with Crippen molar-refractivity contribution < 1.29 is 27.2 Å². The number of aromatic nitrogens is 1. The van der Waals surface area contributed by atoms with Crippen LogP contribution in [-0.2, 0) is 16.8 Å². The van der Waals surface area contributed by atoms with Crippen molar-refractivity contribution in [1.82, 2.24) is 10.5 Å². The fourth-order valence-corrected chi connectivity index (χ4v) is 2.55. The van der Waals surface area contributed by atoms with Gasteiger partial charge in [0.15, 0.2) is 17.8 Å². The van der Waals surface area contributed by atoms with Gasteiger partial charge in [0.1, 0.15) is 12.1 Å². The van der Waals surface area contributed by atoms with Gasteiger partial charge in [-0.05, 0) is 24.6 Å². The molecule has 0 aliphatic carbocycles. The number of nitrogens with zero attached hydrogens (tertiary/aromatic N) is 2. The van der Waals surface area contributed by atoms with Gasteiger partial charge in [0.2, 0.25) is 0 Å². The molecule has 0 radical (unpaired) electrons. The van der Waals surface area contributed by atoms with E-state index in [2.05, 4.69) is 24.7 Å². The van der Waals surface area contributed by atoms with Crippen molar-refractivity contribution in [2.24, 2.45) is 10.7 Å². The molecule has 0 saturated carbocycles. The second kappa shape index (κ2) is 6.36. The van der Waals surface area contributed by atoms with Crippen molar-refractivity contribution in [3.8, 4) is 0 Å². The minimum absolute atomic E-state index is 0.0314. The van der Waals surface area contributed by atoms with Crippen LogP contribution >= 0.6 is 0 Å². The number of alkyl halides is 2. The average Bonchev–Trinajstić information content (AvgIpc) is 3.12. The van der Waals surface area contributed by atoms with Crippen LogP contribution in [0, 0.1) is 5.82 Å². The van der Waals surface area contributed by atoms with Gasteiger partial charge >= 0.3 is 5.92 Å². The summed E-state index contributed by atoms with van der Waals surface area (Å²) in [5.74, 6) is -4.86. The number of amidine groups is 1. The Morgan fingerprint density at radius 2 is 2.15 bits per heavy atom. The van der Waals surface area contributed by atoms with E-state index < -0.39 is 35.8 Å². The monoisotopic (exact) mass is 368 g/mol. The number of aliphatic imine (C=N–C) groups is 1. The summed E-state index contributed by atoms with van der Waals surface area (Å²) < 4.78 is 52.2. The van der Waals surface area contributed by atoms with Gasteiger partial charge in [-0.25, -0.2) is 9.38 Å². The van der Waals surface area contributed by atoms with E-state index in [0.717, 1.165) is 13.0 Å². The van der Waals surface area contributed by atoms with Crippen molar-refractivity contribution in [1.29, 1.82) is 0 Å². The lowest BCUT2D eigenvalue weighted by Gasteiger charge is -2.37. The zero-order chi connectivity index (χ0) is 18.9.